The van der Waals surface area contributed by atoms with Crippen LogP contribution in [-0.2, 0) is 0 Å². The Balaban J connectivity index is 2.84. The van der Waals surface area contributed by atoms with Crippen LogP contribution in [0.25, 0.3) is 0 Å². The summed E-state index contributed by atoms with van der Waals surface area (Å²) in [5.74, 6) is 0. The van der Waals surface area contributed by atoms with Gasteiger partial charge in [0.1, 0.15) is 4.34 Å². The van der Waals surface area contributed by atoms with Gasteiger partial charge in [-0.25, -0.2) is 4.98 Å². The molecule has 8 heavy (non-hydrogen) atoms. The van der Waals surface area contributed by atoms with E-state index in [1.165, 1.54) is 4.88 Å². The predicted molar refractivity (Wildman–Crippen MR) is 38.6 cm³/mol. The van der Waals surface area contributed by atoms with Gasteiger partial charge in [0.05, 0.1) is 0 Å². The first-order valence-electron chi connectivity index (χ1n) is 2.29. The second kappa shape index (κ2) is 2.51. The van der Waals surface area contributed by atoms with E-state index in [2.05, 4.69) is 11.9 Å². The zero-order chi connectivity index (χ0) is 5.98. The summed E-state index contributed by atoms with van der Waals surface area (Å²) >= 11 is 3.44. The summed E-state index contributed by atoms with van der Waals surface area (Å²) in [5.41, 5.74) is 0. The fourth-order valence-electron chi connectivity index (χ4n) is 0.428. The van der Waals surface area contributed by atoms with Crippen molar-refractivity contribution in [2.24, 2.45) is 0 Å². The Morgan fingerprint density at radius 2 is 2.50 bits per heavy atom. The number of aryl methyl sites for hydroxylation is 1. The zero-order valence-corrected chi connectivity index (χ0v) is 6.47. The van der Waals surface area contributed by atoms with Gasteiger partial charge in [0, 0.05) is 11.1 Å². The summed E-state index contributed by atoms with van der Waals surface area (Å²) in [5, 5.41) is 0. The van der Waals surface area contributed by atoms with Gasteiger partial charge < -0.3 is 0 Å². The van der Waals surface area contributed by atoms with Crippen LogP contribution in [0, 0.1) is 6.92 Å². The SMILES string of the molecule is CSc1ncc(C)s1. The van der Waals surface area contributed by atoms with Gasteiger partial charge in [0.2, 0.25) is 0 Å². The molecule has 0 atom stereocenters. The Labute approximate surface area is 57.1 Å². The van der Waals surface area contributed by atoms with E-state index in [0.717, 1.165) is 4.34 Å². The lowest BCUT2D eigenvalue weighted by molar-refractivity contribution is 1.24. The van der Waals surface area contributed by atoms with Crippen LogP contribution in [0.5, 0.6) is 0 Å². The molecule has 0 aliphatic carbocycles. The number of hydrogen-bond acceptors (Lipinski definition) is 3. The largest absolute Gasteiger partial charge is 0.238 e. The van der Waals surface area contributed by atoms with Crippen molar-refractivity contribution in [1.29, 1.82) is 0 Å². The van der Waals surface area contributed by atoms with Crippen LogP contribution in [0.4, 0.5) is 0 Å². The van der Waals surface area contributed by atoms with Crippen LogP contribution in [0.3, 0.4) is 0 Å². The van der Waals surface area contributed by atoms with Crippen molar-refractivity contribution in [2.75, 3.05) is 6.26 Å². The molecule has 0 aliphatic heterocycles. The maximum Gasteiger partial charge on any atom is 0.149 e. The van der Waals surface area contributed by atoms with Crippen LogP contribution in [0.1, 0.15) is 4.88 Å². The molecule has 3 heteroatoms. The smallest absolute Gasteiger partial charge is 0.149 e. The quantitative estimate of drug-likeness (QED) is 0.562. The fraction of sp³-hybridized carbons (Fsp3) is 0.400. The lowest BCUT2D eigenvalue weighted by Crippen LogP contribution is -1.57. The number of thiazole rings is 1. The van der Waals surface area contributed by atoms with Crippen LogP contribution >= 0.6 is 23.1 Å². The van der Waals surface area contributed by atoms with Crippen molar-refractivity contribution in [3.05, 3.63) is 11.1 Å². The van der Waals surface area contributed by atoms with Gasteiger partial charge in [-0.3, -0.25) is 0 Å². The molecule has 1 nitrogen and oxygen atoms in total. The Hall–Kier alpha value is -0.0200. The normalized spacial score (nSPS) is 9.75. The lowest BCUT2D eigenvalue weighted by Gasteiger charge is -1.78. The van der Waals surface area contributed by atoms with Crippen LogP contribution in [0.15, 0.2) is 10.5 Å². The molecule has 0 aromatic carbocycles. The molecule has 44 valence electrons. The van der Waals surface area contributed by atoms with Crippen molar-refractivity contribution in [2.45, 2.75) is 11.3 Å². The highest BCUT2D eigenvalue weighted by atomic mass is 32.2. The molecule has 1 rings (SSSR count). The highest BCUT2D eigenvalue weighted by Crippen LogP contribution is 2.20. The molecule has 0 bridgehead atoms. The van der Waals surface area contributed by atoms with Crippen LogP contribution in [0.2, 0.25) is 0 Å². The average molecular weight is 145 g/mol. The van der Waals surface area contributed by atoms with Gasteiger partial charge in [-0.2, -0.15) is 0 Å². The van der Waals surface area contributed by atoms with Crippen molar-refractivity contribution in [3.63, 3.8) is 0 Å². The van der Waals surface area contributed by atoms with E-state index >= 15 is 0 Å². The number of aromatic nitrogens is 1. The zero-order valence-electron chi connectivity index (χ0n) is 4.84. The topological polar surface area (TPSA) is 12.9 Å². The summed E-state index contributed by atoms with van der Waals surface area (Å²) in [6.45, 7) is 2.07. The van der Waals surface area contributed by atoms with Crippen LogP contribution < -0.4 is 0 Å². The van der Waals surface area contributed by atoms with E-state index in [0.29, 0.717) is 0 Å². The molecule has 0 unspecified atom stereocenters. The summed E-state index contributed by atoms with van der Waals surface area (Å²) in [6, 6.07) is 0. The highest BCUT2D eigenvalue weighted by Gasteiger charge is 1.92. The van der Waals surface area contributed by atoms with Crippen molar-refractivity contribution in [1.82, 2.24) is 4.98 Å². The Morgan fingerprint density at radius 3 is 2.75 bits per heavy atom. The molecule has 0 radical (unpaired) electrons. The third-order valence-electron chi connectivity index (χ3n) is 0.775. The van der Waals surface area contributed by atoms with E-state index in [1.54, 1.807) is 23.1 Å². The molecule has 0 saturated heterocycles. The van der Waals surface area contributed by atoms with E-state index in [-0.39, 0.29) is 0 Å². The first-order chi connectivity index (χ1) is 3.83. The minimum absolute atomic E-state index is 1.16. The van der Waals surface area contributed by atoms with E-state index in [4.69, 9.17) is 0 Å². The maximum absolute atomic E-state index is 4.12. The minimum Gasteiger partial charge on any atom is -0.238 e. The second-order valence-corrected chi connectivity index (χ2v) is 3.73. The molecular weight excluding hydrogens is 138 g/mol. The Kier molecular flexibility index (Phi) is 1.91. The highest BCUT2D eigenvalue weighted by molar-refractivity contribution is 8.00. The van der Waals surface area contributed by atoms with Crippen LogP contribution in [-0.4, -0.2) is 11.2 Å². The third kappa shape index (κ3) is 1.23. The molecule has 0 fully saturated rings. The minimum atomic E-state index is 1.16. The molecule has 1 heterocycles. The molecule has 0 saturated carbocycles. The van der Waals surface area contributed by atoms with Gasteiger partial charge in [-0.15, -0.1) is 11.3 Å². The molecule has 0 N–H and O–H groups in total. The van der Waals surface area contributed by atoms with E-state index < -0.39 is 0 Å². The predicted octanol–water partition coefficient (Wildman–Crippen LogP) is 2.17. The molecule has 1 aromatic heterocycles. The first-order valence-corrected chi connectivity index (χ1v) is 4.33. The van der Waals surface area contributed by atoms with E-state index in [1.807, 2.05) is 12.5 Å². The summed E-state index contributed by atoms with van der Waals surface area (Å²) in [4.78, 5) is 5.40. The van der Waals surface area contributed by atoms with Gasteiger partial charge in [0.25, 0.3) is 0 Å². The lowest BCUT2D eigenvalue weighted by atomic mass is 10.7. The number of thioether (sulfide) groups is 1. The van der Waals surface area contributed by atoms with Gasteiger partial charge in [-0.05, 0) is 13.2 Å². The van der Waals surface area contributed by atoms with Crippen molar-refractivity contribution < 1.29 is 0 Å². The molecular formula is C5H7NS2. The number of hydrogen-bond donors (Lipinski definition) is 0. The Bertz CT molecular complexity index is 171. The fourth-order valence-corrected chi connectivity index (χ4v) is 1.80. The average Bonchev–Trinajstić information content (AvgIpc) is 2.14. The third-order valence-corrected chi connectivity index (χ3v) is 2.69. The summed E-state index contributed by atoms with van der Waals surface area (Å²) < 4.78 is 1.16. The standard InChI is InChI=1S/C5H7NS2/c1-4-3-6-5(7-2)8-4/h3H,1-2H3. The van der Waals surface area contributed by atoms with Crippen molar-refractivity contribution in [3.8, 4) is 0 Å². The summed E-state index contributed by atoms with van der Waals surface area (Å²) in [7, 11) is 0. The molecule has 0 amide bonds. The second-order valence-electron chi connectivity index (χ2n) is 1.44. The van der Waals surface area contributed by atoms with E-state index in [9.17, 15) is 0 Å². The number of nitrogens with zero attached hydrogens (tertiary/aromatic N) is 1. The van der Waals surface area contributed by atoms with Gasteiger partial charge in [-0.1, -0.05) is 11.8 Å². The summed E-state index contributed by atoms with van der Waals surface area (Å²) in [6.07, 6.45) is 3.94. The number of rotatable bonds is 1. The first kappa shape index (κ1) is 6.11. The molecule has 1 aromatic rings. The molecule has 0 spiro atoms. The van der Waals surface area contributed by atoms with Gasteiger partial charge in [0.15, 0.2) is 0 Å². The van der Waals surface area contributed by atoms with Crippen molar-refractivity contribution >= 4 is 23.1 Å². The molecule has 0 aliphatic rings. The Morgan fingerprint density at radius 1 is 1.75 bits per heavy atom. The van der Waals surface area contributed by atoms with Gasteiger partial charge >= 0.3 is 0 Å². The monoisotopic (exact) mass is 145 g/mol. The maximum atomic E-state index is 4.12.